The maximum atomic E-state index is 12.8. The topological polar surface area (TPSA) is 55.9 Å². The highest BCUT2D eigenvalue weighted by Gasteiger charge is 2.33. The van der Waals surface area contributed by atoms with Gasteiger partial charge in [0.25, 0.3) is 0 Å². The van der Waals surface area contributed by atoms with E-state index < -0.39 is 0 Å². The van der Waals surface area contributed by atoms with E-state index in [-0.39, 0.29) is 36.3 Å². The first-order valence-electron chi connectivity index (χ1n) is 9.61. The molecule has 0 aromatic heterocycles. The van der Waals surface area contributed by atoms with Crippen LogP contribution in [-0.4, -0.2) is 72.5 Å². The fourth-order valence-corrected chi connectivity index (χ4v) is 3.89. The van der Waals surface area contributed by atoms with Crippen LogP contribution in [0.4, 0.5) is 4.79 Å². The zero-order valence-corrected chi connectivity index (χ0v) is 17.1. The normalized spacial score (nSPS) is 20.7. The average molecular weight is 395 g/mol. The van der Waals surface area contributed by atoms with Gasteiger partial charge < -0.3 is 20.0 Å². The third-order valence-corrected chi connectivity index (χ3v) is 5.49. The molecule has 1 aromatic carbocycles. The molecule has 1 N–H and O–H groups in total. The average Bonchev–Trinajstić information content (AvgIpc) is 2.68. The van der Waals surface area contributed by atoms with Gasteiger partial charge in [-0.15, -0.1) is 12.4 Å². The molecule has 2 aliphatic rings. The van der Waals surface area contributed by atoms with Crippen molar-refractivity contribution in [3.05, 3.63) is 35.9 Å². The Balaban J connectivity index is 0.00000261. The Labute approximate surface area is 168 Å². The molecular weight excluding hydrogens is 364 g/mol. The van der Waals surface area contributed by atoms with E-state index >= 15 is 0 Å². The van der Waals surface area contributed by atoms with Crippen molar-refractivity contribution >= 4 is 24.3 Å². The number of hydrogen-bond donors (Lipinski definition) is 1. The van der Waals surface area contributed by atoms with E-state index in [1.165, 1.54) is 0 Å². The summed E-state index contributed by atoms with van der Waals surface area (Å²) >= 11 is 0. The largest absolute Gasteiger partial charge is 0.337 e. The number of likely N-dealkylation sites (tertiary alicyclic amines) is 1. The van der Waals surface area contributed by atoms with Crippen LogP contribution >= 0.6 is 12.4 Å². The number of halogens is 1. The van der Waals surface area contributed by atoms with Crippen LogP contribution in [0.5, 0.6) is 0 Å². The zero-order valence-electron chi connectivity index (χ0n) is 16.3. The second kappa shape index (κ2) is 9.95. The van der Waals surface area contributed by atoms with Crippen molar-refractivity contribution in [3.8, 4) is 0 Å². The number of amides is 3. The Kier molecular flexibility index (Phi) is 7.92. The molecule has 1 aromatic rings. The van der Waals surface area contributed by atoms with Crippen LogP contribution in [0.15, 0.2) is 30.3 Å². The summed E-state index contributed by atoms with van der Waals surface area (Å²) in [5, 5.41) is 3.32. The molecule has 7 heteroatoms. The van der Waals surface area contributed by atoms with Crippen LogP contribution in [-0.2, 0) is 11.3 Å². The van der Waals surface area contributed by atoms with Crippen molar-refractivity contribution in [1.29, 1.82) is 0 Å². The molecule has 3 amide bonds. The predicted molar refractivity (Wildman–Crippen MR) is 109 cm³/mol. The van der Waals surface area contributed by atoms with Gasteiger partial charge in [0.05, 0.1) is 0 Å². The molecule has 0 bridgehead atoms. The molecule has 0 aliphatic carbocycles. The fourth-order valence-electron chi connectivity index (χ4n) is 3.89. The highest BCUT2D eigenvalue weighted by molar-refractivity contribution is 5.85. The van der Waals surface area contributed by atoms with Crippen molar-refractivity contribution in [2.24, 2.45) is 5.92 Å². The molecule has 6 nitrogen and oxygen atoms in total. The third kappa shape index (κ3) is 5.36. The van der Waals surface area contributed by atoms with Crippen LogP contribution in [0, 0.1) is 5.92 Å². The molecule has 3 rings (SSSR count). The summed E-state index contributed by atoms with van der Waals surface area (Å²) in [5.74, 6) is 0.322. The Bertz CT molecular complexity index is 620. The highest BCUT2D eigenvalue weighted by Crippen LogP contribution is 2.22. The number of nitrogens with zero attached hydrogens (tertiary/aromatic N) is 3. The molecular formula is C20H31ClN4O2. The van der Waals surface area contributed by atoms with Gasteiger partial charge in [-0.1, -0.05) is 30.3 Å². The molecule has 0 spiro atoms. The van der Waals surface area contributed by atoms with E-state index in [1.54, 1.807) is 4.90 Å². The molecule has 1 atom stereocenters. The van der Waals surface area contributed by atoms with Crippen molar-refractivity contribution in [2.75, 3.05) is 39.8 Å². The van der Waals surface area contributed by atoms with Crippen LogP contribution in [0.1, 0.15) is 25.3 Å². The summed E-state index contributed by atoms with van der Waals surface area (Å²) in [6, 6.07) is 10.3. The van der Waals surface area contributed by atoms with Crippen LogP contribution in [0.2, 0.25) is 0 Å². The second-order valence-electron chi connectivity index (χ2n) is 7.47. The minimum absolute atomic E-state index is 0. The molecule has 0 radical (unpaired) electrons. The Morgan fingerprint density at radius 3 is 2.44 bits per heavy atom. The number of carbonyl (C=O) groups excluding carboxylic acids is 2. The highest BCUT2D eigenvalue weighted by atomic mass is 35.5. The molecule has 2 heterocycles. The molecule has 2 aliphatic heterocycles. The quantitative estimate of drug-likeness (QED) is 0.855. The summed E-state index contributed by atoms with van der Waals surface area (Å²) in [7, 11) is 1.84. The van der Waals surface area contributed by atoms with Crippen molar-refractivity contribution in [2.45, 2.75) is 32.4 Å². The number of benzene rings is 1. The van der Waals surface area contributed by atoms with Gasteiger partial charge in [-0.25, -0.2) is 4.79 Å². The van der Waals surface area contributed by atoms with Crippen LogP contribution < -0.4 is 5.32 Å². The number of piperidine rings is 1. The summed E-state index contributed by atoms with van der Waals surface area (Å²) < 4.78 is 0. The summed E-state index contributed by atoms with van der Waals surface area (Å²) in [6.07, 6.45) is 1.53. The van der Waals surface area contributed by atoms with Crippen molar-refractivity contribution in [3.63, 3.8) is 0 Å². The Morgan fingerprint density at radius 2 is 1.81 bits per heavy atom. The first kappa shape index (κ1) is 21.5. The van der Waals surface area contributed by atoms with Gasteiger partial charge in [0, 0.05) is 58.3 Å². The van der Waals surface area contributed by atoms with E-state index in [2.05, 4.69) is 12.2 Å². The first-order valence-corrected chi connectivity index (χ1v) is 9.61. The second-order valence-corrected chi connectivity index (χ2v) is 7.47. The van der Waals surface area contributed by atoms with Gasteiger partial charge in [-0.05, 0) is 25.3 Å². The third-order valence-electron chi connectivity index (χ3n) is 5.49. The predicted octanol–water partition coefficient (Wildman–Crippen LogP) is 2.19. The molecule has 27 heavy (non-hydrogen) atoms. The first-order chi connectivity index (χ1) is 12.6. The van der Waals surface area contributed by atoms with E-state index in [0.717, 1.165) is 38.0 Å². The zero-order chi connectivity index (χ0) is 18.5. The lowest BCUT2D eigenvalue weighted by atomic mass is 9.94. The SMILES string of the molecule is CC1CNCCN1C(=O)C1CCN(C(=O)N(C)Cc2ccccc2)CC1.Cl. The van der Waals surface area contributed by atoms with Gasteiger partial charge in [0.2, 0.25) is 5.91 Å². The monoisotopic (exact) mass is 394 g/mol. The summed E-state index contributed by atoms with van der Waals surface area (Å²) in [5.41, 5.74) is 1.13. The lowest BCUT2D eigenvalue weighted by molar-refractivity contribution is -0.139. The lowest BCUT2D eigenvalue weighted by Gasteiger charge is -2.39. The number of piperazine rings is 1. The van der Waals surface area contributed by atoms with Gasteiger partial charge in [0.1, 0.15) is 0 Å². The molecule has 2 saturated heterocycles. The molecule has 150 valence electrons. The lowest BCUT2D eigenvalue weighted by Crippen LogP contribution is -2.55. The van der Waals surface area contributed by atoms with E-state index in [9.17, 15) is 9.59 Å². The van der Waals surface area contributed by atoms with Crippen LogP contribution in [0.25, 0.3) is 0 Å². The van der Waals surface area contributed by atoms with Crippen molar-refractivity contribution < 1.29 is 9.59 Å². The smallest absolute Gasteiger partial charge is 0.320 e. The van der Waals surface area contributed by atoms with Crippen LogP contribution in [0.3, 0.4) is 0 Å². The maximum Gasteiger partial charge on any atom is 0.320 e. The minimum atomic E-state index is 0. The number of rotatable bonds is 3. The van der Waals surface area contributed by atoms with Crippen molar-refractivity contribution in [1.82, 2.24) is 20.0 Å². The molecule has 2 fully saturated rings. The number of hydrogen-bond acceptors (Lipinski definition) is 3. The number of carbonyl (C=O) groups is 2. The summed E-state index contributed by atoms with van der Waals surface area (Å²) in [6.45, 7) is 6.56. The fraction of sp³-hybridized carbons (Fsp3) is 0.600. The maximum absolute atomic E-state index is 12.8. The van der Waals surface area contributed by atoms with Gasteiger partial charge in [-0.3, -0.25) is 4.79 Å². The minimum Gasteiger partial charge on any atom is -0.337 e. The number of urea groups is 1. The van der Waals surface area contributed by atoms with E-state index in [1.807, 2.05) is 47.2 Å². The van der Waals surface area contributed by atoms with E-state index in [4.69, 9.17) is 0 Å². The number of nitrogens with one attached hydrogen (secondary N) is 1. The van der Waals surface area contributed by atoms with Gasteiger partial charge in [-0.2, -0.15) is 0 Å². The van der Waals surface area contributed by atoms with Gasteiger partial charge in [0.15, 0.2) is 0 Å². The molecule has 0 saturated carbocycles. The molecule has 1 unspecified atom stereocenters. The summed E-state index contributed by atoms with van der Waals surface area (Å²) in [4.78, 5) is 31.1. The Hall–Kier alpha value is -1.79. The Morgan fingerprint density at radius 1 is 1.15 bits per heavy atom. The standard InChI is InChI=1S/C20H30N4O2.ClH/c1-16-14-21-10-13-24(16)19(25)18-8-11-23(12-9-18)20(26)22(2)15-17-6-4-3-5-7-17;/h3-7,16,18,21H,8-15H2,1-2H3;1H. The van der Waals surface area contributed by atoms with E-state index in [0.29, 0.717) is 19.6 Å². The van der Waals surface area contributed by atoms with Gasteiger partial charge >= 0.3 is 6.03 Å².